The van der Waals surface area contributed by atoms with Crippen molar-refractivity contribution < 1.29 is 28.2 Å². The van der Waals surface area contributed by atoms with Gasteiger partial charge >= 0.3 is 5.97 Å². The summed E-state index contributed by atoms with van der Waals surface area (Å²) in [6.45, 7) is 1.40. The number of benzene rings is 1. The number of carboxylic acid groups (broad SMARTS) is 1. The number of aliphatic carboxylic acids is 1. The lowest BCUT2D eigenvalue weighted by molar-refractivity contribution is -0.141. The molecule has 100 valence electrons. The van der Waals surface area contributed by atoms with Crippen LogP contribution in [0.2, 0.25) is 0 Å². The minimum absolute atomic E-state index is 0.0181. The molecular formula is C12H14F2O4. The van der Waals surface area contributed by atoms with Crippen LogP contribution in [0.5, 0.6) is 11.5 Å². The molecule has 1 aromatic rings. The average Bonchev–Trinajstić information content (AvgIpc) is 2.34. The van der Waals surface area contributed by atoms with Crippen LogP contribution in [0.3, 0.4) is 0 Å². The van der Waals surface area contributed by atoms with E-state index in [-0.39, 0.29) is 23.5 Å². The van der Waals surface area contributed by atoms with Crippen LogP contribution in [0.25, 0.3) is 0 Å². The molecule has 0 bridgehead atoms. The van der Waals surface area contributed by atoms with E-state index in [1.165, 1.54) is 21.1 Å². The van der Waals surface area contributed by atoms with E-state index in [4.69, 9.17) is 14.6 Å². The smallest absolute Gasteiger partial charge is 0.306 e. The molecule has 0 amide bonds. The molecule has 0 saturated heterocycles. The summed E-state index contributed by atoms with van der Waals surface area (Å²) in [6.07, 6.45) is -0.182. The fraction of sp³-hybridized carbons (Fsp3) is 0.417. The molecule has 0 aliphatic carbocycles. The van der Waals surface area contributed by atoms with Crippen molar-refractivity contribution in [2.75, 3.05) is 14.2 Å². The Morgan fingerprint density at radius 2 is 2.00 bits per heavy atom. The van der Waals surface area contributed by atoms with Crippen molar-refractivity contribution >= 4 is 5.97 Å². The summed E-state index contributed by atoms with van der Waals surface area (Å²) in [5.74, 6) is -4.12. The second-order valence-corrected chi connectivity index (χ2v) is 3.83. The molecule has 1 aromatic carbocycles. The highest BCUT2D eigenvalue weighted by Gasteiger charge is 2.23. The summed E-state index contributed by atoms with van der Waals surface area (Å²) in [7, 11) is 2.57. The van der Waals surface area contributed by atoms with Crippen LogP contribution in [0.4, 0.5) is 8.78 Å². The van der Waals surface area contributed by atoms with Crippen LogP contribution in [0.1, 0.15) is 12.5 Å². The van der Waals surface area contributed by atoms with Gasteiger partial charge in [-0.15, -0.1) is 0 Å². The number of halogens is 2. The maximum atomic E-state index is 13.7. The summed E-state index contributed by atoms with van der Waals surface area (Å²) in [5.41, 5.74) is -0.135. The van der Waals surface area contributed by atoms with Crippen molar-refractivity contribution in [2.45, 2.75) is 13.3 Å². The summed E-state index contributed by atoms with van der Waals surface area (Å²) in [4.78, 5) is 10.8. The number of carboxylic acids is 1. The highest BCUT2D eigenvalue weighted by atomic mass is 19.2. The molecule has 1 atom stereocenters. The van der Waals surface area contributed by atoms with Crippen LogP contribution in [0, 0.1) is 17.6 Å². The molecule has 0 spiro atoms. The first kappa shape index (κ1) is 14.2. The fourth-order valence-corrected chi connectivity index (χ4v) is 1.59. The zero-order valence-corrected chi connectivity index (χ0v) is 10.3. The van der Waals surface area contributed by atoms with Gasteiger partial charge in [-0.2, -0.15) is 0 Å². The molecule has 4 nitrogen and oxygen atoms in total. The first-order valence-electron chi connectivity index (χ1n) is 5.24. The lowest BCUT2D eigenvalue weighted by atomic mass is 9.99. The number of carbonyl (C=O) groups is 1. The maximum Gasteiger partial charge on any atom is 0.306 e. The molecule has 18 heavy (non-hydrogen) atoms. The van der Waals surface area contributed by atoms with E-state index in [1.807, 2.05) is 0 Å². The van der Waals surface area contributed by atoms with Crippen molar-refractivity contribution in [1.29, 1.82) is 0 Å². The standard InChI is InChI=1S/C12H14F2O4/c1-6(12(15)16)4-7-10(14)8(13)5-9(17-2)11(7)18-3/h5-6H,4H2,1-3H3,(H,15,16). The van der Waals surface area contributed by atoms with Gasteiger partial charge in [-0.3, -0.25) is 4.79 Å². The number of rotatable bonds is 5. The van der Waals surface area contributed by atoms with E-state index in [0.717, 1.165) is 6.07 Å². The summed E-state index contributed by atoms with van der Waals surface area (Å²) >= 11 is 0. The van der Waals surface area contributed by atoms with Gasteiger partial charge in [-0.25, -0.2) is 8.78 Å². The second kappa shape index (κ2) is 5.66. The predicted octanol–water partition coefficient (Wildman–Crippen LogP) is 2.25. The monoisotopic (exact) mass is 260 g/mol. The Kier molecular flexibility index (Phi) is 4.47. The molecule has 0 radical (unpaired) electrons. The van der Waals surface area contributed by atoms with Crippen LogP contribution >= 0.6 is 0 Å². The lowest BCUT2D eigenvalue weighted by Crippen LogP contribution is -2.14. The lowest BCUT2D eigenvalue weighted by Gasteiger charge is -2.15. The van der Waals surface area contributed by atoms with Gasteiger partial charge in [-0.1, -0.05) is 6.92 Å². The van der Waals surface area contributed by atoms with Gasteiger partial charge < -0.3 is 14.6 Å². The summed E-state index contributed by atoms with van der Waals surface area (Å²) < 4.78 is 36.9. The molecule has 0 aliphatic rings. The average molecular weight is 260 g/mol. The summed E-state index contributed by atoms with van der Waals surface area (Å²) in [6, 6.07) is 0.864. The van der Waals surface area contributed by atoms with Gasteiger partial charge in [0.2, 0.25) is 0 Å². The van der Waals surface area contributed by atoms with E-state index in [2.05, 4.69) is 0 Å². The predicted molar refractivity (Wildman–Crippen MR) is 60.0 cm³/mol. The Balaban J connectivity index is 3.30. The summed E-state index contributed by atoms with van der Waals surface area (Å²) in [5, 5.41) is 8.81. The van der Waals surface area contributed by atoms with Gasteiger partial charge in [0.15, 0.2) is 23.1 Å². The van der Waals surface area contributed by atoms with E-state index >= 15 is 0 Å². The molecule has 0 saturated carbocycles. The third-order valence-corrected chi connectivity index (χ3v) is 2.59. The van der Waals surface area contributed by atoms with E-state index in [9.17, 15) is 13.6 Å². The van der Waals surface area contributed by atoms with E-state index in [0.29, 0.717) is 0 Å². The number of hydrogen-bond acceptors (Lipinski definition) is 3. The zero-order chi connectivity index (χ0) is 13.9. The first-order chi connectivity index (χ1) is 8.42. The molecule has 0 aliphatic heterocycles. The Morgan fingerprint density at radius 1 is 1.39 bits per heavy atom. The molecule has 6 heteroatoms. The molecule has 1 N–H and O–H groups in total. The normalized spacial score (nSPS) is 12.1. The largest absolute Gasteiger partial charge is 0.493 e. The van der Waals surface area contributed by atoms with Crippen molar-refractivity contribution in [3.8, 4) is 11.5 Å². The minimum atomic E-state index is -1.11. The minimum Gasteiger partial charge on any atom is -0.493 e. The highest BCUT2D eigenvalue weighted by Crippen LogP contribution is 2.35. The third kappa shape index (κ3) is 2.69. The Labute approximate surface area is 103 Å². The first-order valence-corrected chi connectivity index (χ1v) is 5.24. The SMILES string of the molecule is COc1cc(F)c(F)c(CC(C)C(=O)O)c1OC. The molecular weight excluding hydrogens is 246 g/mol. The molecule has 0 fully saturated rings. The molecule has 1 rings (SSSR count). The van der Waals surface area contributed by atoms with Gasteiger partial charge in [0, 0.05) is 11.6 Å². The molecule has 1 unspecified atom stereocenters. The van der Waals surface area contributed by atoms with Crippen LogP contribution in [-0.2, 0) is 11.2 Å². The fourth-order valence-electron chi connectivity index (χ4n) is 1.59. The topological polar surface area (TPSA) is 55.8 Å². The van der Waals surface area contributed by atoms with Crippen molar-refractivity contribution in [1.82, 2.24) is 0 Å². The van der Waals surface area contributed by atoms with Crippen molar-refractivity contribution in [3.63, 3.8) is 0 Å². The number of ether oxygens (including phenoxy) is 2. The molecule has 0 heterocycles. The van der Waals surface area contributed by atoms with Gasteiger partial charge in [0.05, 0.1) is 20.1 Å². The third-order valence-electron chi connectivity index (χ3n) is 2.59. The van der Waals surface area contributed by atoms with Gasteiger partial charge in [-0.05, 0) is 6.42 Å². The van der Waals surface area contributed by atoms with E-state index < -0.39 is 23.5 Å². The Bertz CT molecular complexity index is 460. The van der Waals surface area contributed by atoms with Crippen molar-refractivity contribution in [3.05, 3.63) is 23.3 Å². The van der Waals surface area contributed by atoms with Gasteiger partial charge in [0.25, 0.3) is 0 Å². The van der Waals surface area contributed by atoms with Crippen molar-refractivity contribution in [2.24, 2.45) is 5.92 Å². The van der Waals surface area contributed by atoms with Crippen LogP contribution in [-0.4, -0.2) is 25.3 Å². The highest BCUT2D eigenvalue weighted by molar-refractivity contribution is 5.70. The van der Waals surface area contributed by atoms with Gasteiger partial charge in [0.1, 0.15) is 0 Å². The zero-order valence-electron chi connectivity index (χ0n) is 10.3. The van der Waals surface area contributed by atoms with Crippen LogP contribution in [0.15, 0.2) is 6.07 Å². The Hall–Kier alpha value is -1.85. The van der Waals surface area contributed by atoms with E-state index in [1.54, 1.807) is 0 Å². The second-order valence-electron chi connectivity index (χ2n) is 3.83. The maximum absolute atomic E-state index is 13.7. The number of hydrogen-bond donors (Lipinski definition) is 1. The Morgan fingerprint density at radius 3 is 2.44 bits per heavy atom. The quantitative estimate of drug-likeness (QED) is 0.882. The van der Waals surface area contributed by atoms with Crippen LogP contribution < -0.4 is 9.47 Å². The number of methoxy groups -OCH3 is 2. The molecule has 0 aromatic heterocycles.